The van der Waals surface area contributed by atoms with Crippen LogP contribution in [0.25, 0.3) is 22.4 Å². The zero-order chi connectivity index (χ0) is 21.8. The molecule has 0 fully saturated rings. The van der Waals surface area contributed by atoms with E-state index in [4.69, 9.17) is 14.5 Å². The van der Waals surface area contributed by atoms with Crippen LogP contribution in [0.1, 0.15) is 25.0 Å². The molecule has 6 heteroatoms. The van der Waals surface area contributed by atoms with E-state index in [1.165, 1.54) is 0 Å². The second kappa shape index (κ2) is 8.60. The predicted molar refractivity (Wildman–Crippen MR) is 120 cm³/mol. The molecule has 2 heterocycles. The lowest BCUT2D eigenvalue weighted by molar-refractivity contribution is -0.114. The summed E-state index contributed by atoms with van der Waals surface area (Å²) < 4.78 is 11.2. The second-order valence-electron chi connectivity index (χ2n) is 8.21. The highest BCUT2D eigenvalue weighted by Crippen LogP contribution is 2.27. The maximum Gasteiger partial charge on any atom is 0.156 e. The van der Waals surface area contributed by atoms with Crippen molar-refractivity contribution in [3.8, 4) is 22.8 Å². The van der Waals surface area contributed by atoms with Gasteiger partial charge in [0.15, 0.2) is 5.65 Å². The Hall–Kier alpha value is -3.67. The highest BCUT2D eigenvalue weighted by atomic mass is 16.5. The fourth-order valence-corrected chi connectivity index (χ4v) is 3.38. The van der Waals surface area contributed by atoms with Crippen LogP contribution in [0.4, 0.5) is 0 Å². The first-order valence-corrected chi connectivity index (χ1v) is 10.1. The molecule has 158 valence electrons. The molecule has 0 unspecified atom stereocenters. The fraction of sp³-hybridized carbons (Fsp3) is 0.240. The van der Waals surface area contributed by atoms with Gasteiger partial charge in [0.2, 0.25) is 0 Å². The van der Waals surface area contributed by atoms with Crippen LogP contribution in [-0.2, 0) is 17.8 Å². The van der Waals surface area contributed by atoms with Crippen molar-refractivity contribution >= 4 is 17.5 Å². The lowest BCUT2D eigenvalue weighted by Crippen LogP contribution is -2.16. The van der Waals surface area contributed by atoms with Crippen molar-refractivity contribution in [2.24, 2.45) is 5.41 Å². The SMILES string of the molecule is COc1ccc(COc2cccc(-c3cnc4[nH]cc(CC(C)(C)C=O)c4n3)c2)cc1. The summed E-state index contributed by atoms with van der Waals surface area (Å²) in [6, 6.07) is 15.6. The molecule has 1 N–H and O–H groups in total. The zero-order valence-electron chi connectivity index (χ0n) is 17.9. The summed E-state index contributed by atoms with van der Waals surface area (Å²) in [7, 11) is 1.65. The Balaban J connectivity index is 1.55. The third-order valence-electron chi connectivity index (χ3n) is 5.12. The number of fused-ring (bicyclic) bond motifs is 1. The highest BCUT2D eigenvalue weighted by molar-refractivity contribution is 5.79. The van der Waals surface area contributed by atoms with Gasteiger partial charge in [-0.25, -0.2) is 9.97 Å². The predicted octanol–water partition coefficient (Wildman–Crippen LogP) is 4.98. The Bertz CT molecular complexity index is 1200. The van der Waals surface area contributed by atoms with Crippen LogP contribution >= 0.6 is 0 Å². The van der Waals surface area contributed by atoms with E-state index in [2.05, 4.69) is 9.97 Å². The minimum atomic E-state index is -0.456. The first-order chi connectivity index (χ1) is 15.0. The molecule has 4 aromatic rings. The van der Waals surface area contributed by atoms with Gasteiger partial charge in [0.05, 0.1) is 19.0 Å². The fourth-order valence-electron chi connectivity index (χ4n) is 3.38. The van der Waals surface area contributed by atoms with Crippen molar-refractivity contribution in [1.82, 2.24) is 15.0 Å². The van der Waals surface area contributed by atoms with E-state index in [-0.39, 0.29) is 0 Å². The number of benzene rings is 2. The van der Waals surface area contributed by atoms with Crippen LogP contribution in [0.15, 0.2) is 60.9 Å². The van der Waals surface area contributed by atoms with Crippen LogP contribution in [0.3, 0.4) is 0 Å². The number of aromatic amines is 1. The van der Waals surface area contributed by atoms with Gasteiger partial charge in [0, 0.05) is 17.2 Å². The van der Waals surface area contributed by atoms with Crippen molar-refractivity contribution in [2.45, 2.75) is 26.9 Å². The molecule has 0 spiro atoms. The number of hydrogen-bond acceptors (Lipinski definition) is 5. The van der Waals surface area contributed by atoms with Crippen molar-refractivity contribution in [3.63, 3.8) is 0 Å². The molecule has 0 aliphatic heterocycles. The van der Waals surface area contributed by atoms with E-state index >= 15 is 0 Å². The first-order valence-electron chi connectivity index (χ1n) is 10.1. The Labute approximate surface area is 181 Å². The summed E-state index contributed by atoms with van der Waals surface area (Å²) in [5.41, 5.74) is 4.76. The third kappa shape index (κ3) is 4.74. The summed E-state index contributed by atoms with van der Waals surface area (Å²) in [6.45, 7) is 4.29. The third-order valence-corrected chi connectivity index (χ3v) is 5.12. The monoisotopic (exact) mass is 415 g/mol. The Kier molecular flexibility index (Phi) is 5.71. The molecule has 2 aromatic heterocycles. The molecule has 0 radical (unpaired) electrons. The largest absolute Gasteiger partial charge is 0.497 e. The van der Waals surface area contributed by atoms with Crippen LogP contribution in [0, 0.1) is 5.41 Å². The molecule has 4 rings (SSSR count). The zero-order valence-corrected chi connectivity index (χ0v) is 17.9. The molecule has 0 saturated carbocycles. The quantitative estimate of drug-likeness (QED) is 0.411. The Morgan fingerprint density at radius 1 is 1.10 bits per heavy atom. The number of nitrogens with one attached hydrogen (secondary N) is 1. The molecular formula is C25H25N3O3. The standard InChI is InChI=1S/C25H25N3O3/c1-25(2,16-29)12-19-13-26-24-23(19)28-22(14-27-24)18-5-4-6-21(11-18)31-15-17-7-9-20(30-3)10-8-17/h4-11,13-14,16H,12,15H2,1-3H3,(H,26,27). The lowest BCUT2D eigenvalue weighted by atomic mass is 9.88. The van der Waals surface area contributed by atoms with Crippen LogP contribution in [0.5, 0.6) is 11.5 Å². The van der Waals surface area contributed by atoms with Crippen molar-refractivity contribution in [1.29, 1.82) is 0 Å². The average Bonchev–Trinajstić information content (AvgIpc) is 3.19. The van der Waals surface area contributed by atoms with Gasteiger partial charge in [-0.15, -0.1) is 0 Å². The van der Waals surface area contributed by atoms with Gasteiger partial charge in [0.1, 0.15) is 29.9 Å². The number of ether oxygens (including phenoxy) is 2. The van der Waals surface area contributed by atoms with Crippen LogP contribution in [0.2, 0.25) is 0 Å². The van der Waals surface area contributed by atoms with Gasteiger partial charge >= 0.3 is 0 Å². The van der Waals surface area contributed by atoms with E-state index in [0.29, 0.717) is 18.7 Å². The molecule has 0 aliphatic rings. The van der Waals surface area contributed by atoms with Gasteiger partial charge in [0.25, 0.3) is 0 Å². The van der Waals surface area contributed by atoms with Crippen LogP contribution in [-0.4, -0.2) is 28.3 Å². The van der Waals surface area contributed by atoms with Gasteiger partial charge in [-0.2, -0.15) is 0 Å². The molecule has 2 aromatic carbocycles. The van der Waals surface area contributed by atoms with Gasteiger partial charge in [-0.3, -0.25) is 0 Å². The van der Waals surface area contributed by atoms with E-state index in [1.807, 2.05) is 68.6 Å². The Morgan fingerprint density at radius 2 is 1.90 bits per heavy atom. The summed E-state index contributed by atoms with van der Waals surface area (Å²) in [5.74, 6) is 1.58. The number of H-pyrrole nitrogens is 1. The number of rotatable bonds is 8. The van der Waals surface area contributed by atoms with Crippen molar-refractivity contribution in [3.05, 3.63) is 72.1 Å². The van der Waals surface area contributed by atoms with Crippen LogP contribution < -0.4 is 9.47 Å². The first kappa shape index (κ1) is 20.6. The summed E-state index contributed by atoms with van der Waals surface area (Å²) in [5, 5.41) is 0. The number of aromatic nitrogens is 3. The molecular weight excluding hydrogens is 390 g/mol. The average molecular weight is 415 g/mol. The van der Waals surface area contributed by atoms with E-state index < -0.39 is 5.41 Å². The molecule has 0 amide bonds. The van der Waals surface area contributed by atoms with Gasteiger partial charge in [-0.1, -0.05) is 38.1 Å². The minimum Gasteiger partial charge on any atom is -0.497 e. The Morgan fingerprint density at radius 3 is 2.65 bits per heavy atom. The minimum absolute atomic E-state index is 0.456. The number of methoxy groups -OCH3 is 1. The van der Waals surface area contributed by atoms with E-state index in [0.717, 1.165) is 45.7 Å². The number of carbonyl (C=O) groups excluding carboxylic acids is 1. The molecule has 0 saturated heterocycles. The molecule has 31 heavy (non-hydrogen) atoms. The summed E-state index contributed by atoms with van der Waals surface area (Å²) in [6.07, 6.45) is 5.20. The number of aldehydes is 1. The molecule has 0 atom stereocenters. The highest BCUT2D eigenvalue weighted by Gasteiger charge is 2.20. The number of carbonyl (C=O) groups is 1. The van der Waals surface area contributed by atoms with Gasteiger partial charge in [-0.05, 0) is 41.8 Å². The summed E-state index contributed by atoms with van der Waals surface area (Å²) in [4.78, 5) is 23.8. The topological polar surface area (TPSA) is 77.1 Å². The maximum absolute atomic E-state index is 11.3. The van der Waals surface area contributed by atoms with Crippen molar-refractivity contribution < 1.29 is 14.3 Å². The van der Waals surface area contributed by atoms with Crippen molar-refractivity contribution in [2.75, 3.05) is 7.11 Å². The molecule has 0 bridgehead atoms. The van der Waals surface area contributed by atoms with E-state index in [9.17, 15) is 4.79 Å². The van der Waals surface area contributed by atoms with E-state index in [1.54, 1.807) is 13.3 Å². The normalized spacial score (nSPS) is 11.5. The second-order valence-corrected chi connectivity index (χ2v) is 8.21. The lowest BCUT2D eigenvalue weighted by Gasteiger charge is -2.15. The number of hydrogen-bond donors (Lipinski definition) is 1. The van der Waals surface area contributed by atoms with Gasteiger partial charge < -0.3 is 19.3 Å². The molecule has 6 nitrogen and oxygen atoms in total. The molecule has 0 aliphatic carbocycles. The summed E-state index contributed by atoms with van der Waals surface area (Å²) >= 11 is 0. The maximum atomic E-state index is 11.3. The number of nitrogens with zero attached hydrogens (tertiary/aromatic N) is 2. The smallest absolute Gasteiger partial charge is 0.156 e.